The number of aromatic nitrogens is 2. The molecule has 0 radical (unpaired) electrons. The van der Waals surface area contributed by atoms with Crippen molar-refractivity contribution in [2.45, 2.75) is 44.4 Å². The second kappa shape index (κ2) is 6.33. The number of hydrogen-bond donors (Lipinski definition) is 0. The summed E-state index contributed by atoms with van der Waals surface area (Å²) in [6.45, 7) is 5.54. The van der Waals surface area contributed by atoms with Crippen LogP contribution in [0, 0.1) is 6.92 Å². The summed E-state index contributed by atoms with van der Waals surface area (Å²) >= 11 is 1.63. The molecule has 7 nitrogen and oxygen atoms in total. The number of nitrogens with zero attached hydrogens (tertiary/aromatic N) is 4. The van der Waals surface area contributed by atoms with Gasteiger partial charge in [-0.15, -0.1) is 10.2 Å². The standard InChI is InChI=1S/C15H22N4O3S/c1-10-16-17-15(23-10)19-5-4-12-11(19)2-3-13(22-12)14(20)18-6-8-21-9-7-18/h11-13H,2-9H2,1H3/t11-,12-,13-/m1/s1. The third-order valence-electron chi connectivity index (χ3n) is 4.91. The molecule has 3 atom stereocenters. The third kappa shape index (κ3) is 2.95. The van der Waals surface area contributed by atoms with Crippen molar-refractivity contribution in [2.24, 2.45) is 0 Å². The van der Waals surface area contributed by atoms with E-state index in [1.807, 2.05) is 11.8 Å². The van der Waals surface area contributed by atoms with Crippen LogP contribution in [-0.4, -0.2) is 72.1 Å². The zero-order valence-electron chi connectivity index (χ0n) is 13.3. The van der Waals surface area contributed by atoms with E-state index in [-0.39, 0.29) is 18.1 Å². The zero-order valence-corrected chi connectivity index (χ0v) is 14.1. The maximum absolute atomic E-state index is 12.6. The van der Waals surface area contributed by atoms with E-state index in [1.165, 1.54) is 0 Å². The van der Waals surface area contributed by atoms with Crippen molar-refractivity contribution in [2.75, 3.05) is 37.7 Å². The largest absolute Gasteiger partial charge is 0.378 e. The van der Waals surface area contributed by atoms with Gasteiger partial charge in [0.05, 0.1) is 25.4 Å². The van der Waals surface area contributed by atoms with E-state index in [2.05, 4.69) is 15.1 Å². The Kier molecular flexibility index (Phi) is 4.21. The number of hydrogen-bond acceptors (Lipinski definition) is 7. The number of rotatable bonds is 2. The number of morpholine rings is 1. The lowest BCUT2D eigenvalue weighted by molar-refractivity contribution is -0.156. The Morgan fingerprint density at radius 3 is 2.74 bits per heavy atom. The number of carbonyl (C=O) groups excluding carboxylic acids is 1. The van der Waals surface area contributed by atoms with E-state index in [4.69, 9.17) is 9.47 Å². The van der Waals surface area contributed by atoms with Gasteiger partial charge in [0.2, 0.25) is 5.13 Å². The molecule has 0 unspecified atom stereocenters. The highest BCUT2D eigenvalue weighted by molar-refractivity contribution is 7.15. The van der Waals surface area contributed by atoms with Crippen LogP contribution in [0.25, 0.3) is 0 Å². The van der Waals surface area contributed by atoms with Gasteiger partial charge in [-0.2, -0.15) is 0 Å². The Balaban J connectivity index is 1.40. The lowest BCUT2D eigenvalue weighted by atomic mass is 9.98. The number of amides is 1. The van der Waals surface area contributed by atoms with Gasteiger partial charge in [0.25, 0.3) is 5.91 Å². The first-order chi connectivity index (χ1) is 11.2. The van der Waals surface area contributed by atoms with Crippen LogP contribution in [0.3, 0.4) is 0 Å². The van der Waals surface area contributed by atoms with Gasteiger partial charge in [-0.05, 0) is 26.2 Å². The molecule has 1 aromatic rings. The predicted octanol–water partition coefficient (Wildman–Crippen LogP) is 0.832. The van der Waals surface area contributed by atoms with E-state index in [1.54, 1.807) is 11.3 Å². The Labute approximate surface area is 139 Å². The van der Waals surface area contributed by atoms with Crippen molar-refractivity contribution in [3.63, 3.8) is 0 Å². The monoisotopic (exact) mass is 338 g/mol. The molecule has 0 saturated carbocycles. The Bertz CT molecular complexity index is 575. The highest BCUT2D eigenvalue weighted by Gasteiger charge is 2.43. The minimum Gasteiger partial charge on any atom is -0.378 e. The molecule has 3 fully saturated rings. The van der Waals surface area contributed by atoms with Gasteiger partial charge < -0.3 is 19.3 Å². The summed E-state index contributed by atoms with van der Waals surface area (Å²) in [5.74, 6) is 0.136. The normalized spacial score (nSPS) is 31.3. The van der Waals surface area contributed by atoms with E-state index in [0.29, 0.717) is 32.3 Å². The van der Waals surface area contributed by atoms with Gasteiger partial charge in [-0.25, -0.2) is 0 Å². The maximum atomic E-state index is 12.6. The van der Waals surface area contributed by atoms with Crippen LogP contribution in [0.2, 0.25) is 0 Å². The average molecular weight is 338 g/mol. The molecule has 1 aromatic heterocycles. The molecule has 3 saturated heterocycles. The molecule has 4 heterocycles. The average Bonchev–Trinajstić information content (AvgIpc) is 3.20. The highest BCUT2D eigenvalue weighted by Crippen LogP contribution is 2.36. The molecule has 4 rings (SSSR count). The first kappa shape index (κ1) is 15.3. The molecule has 23 heavy (non-hydrogen) atoms. The smallest absolute Gasteiger partial charge is 0.251 e. The van der Waals surface area contributed by atoms with Gasteiger partial charge >= 0.3 is 0 Å². The fourth-order valence-electron chi connectivity index (χ4n) is 3.74. The van der Waals surface area contributed by atoms with Gasteiger partial charge in [0.1, 0.15) is 11.1 Å². The Morgan fingerprint density at radius 1 is 1.17 bits per heavy atom. The summed E-state index contributed by atoms with van der Waals surface area (Å²) in [7, 11) is 0. The van der Waals surface area contributed by atoms with Crippen LogP contribution in [0.15, 0.2) is 0 Å². The Morgan fingerprint density at radius 2 is 2.00 bits per heavy atom. The van der Waals surface area contributed by atoms with Crippen LogP contribution < -0.4 is 4.90 Å². The van der Waals surface area contributed by atoms with Gasteiger partial charge in [-0.3, -0.25) is 4.79 Å². The fourth-order valence-corrected chi connectivity index (χ4v) is 4.51. The summed E-state index contributed by atoms with van der Waals surface area (Å²) in [6, 6.07) is 0.330. The lowest BCUT2D eigenvalue weighted by Crippen LogP contribution is -2.51. The van der Waals surface area contributed by atoms with E-state index >= 15 is 0 Å². The third-order valence-corrected chi connectivity index (χ3v) is 5.78. The lowest BCUT2D eigenvalue weighted by Gasteiger charge is -2.37. The van der Waals surface area contributed by atoms with Crippen LogP contribution in [-0.2, 0) is 14.3 Å². The van der Waals surface area contributed by atoms with Crippen LogP contribution in [0.4, 0.5) is 5.13 Å². The summed E-state index contributed by atoms with van der Waals surface area (Å²) in [5.41, 5.74) is 0. The number of anilines is 1. The first-order valence-corrected chi connectivity index (χ1v) is 9.13. The van der Waals surface area contributed by atoms with Crippen molar-refractivity contribution in [3.05, 3.63) is 5.01 Å². The molecule has 0 aromatic carbocycles. The molecule has 8 heteroatoms. The summed E-state index contributed by atoms with van der Waals surface area (Å²) < 4.78 is 11.5. The zero-order chi connectivity index (χ0) is 15.8. The summed E-state index contributed by atoms with van der Waals surface area (Å²) in [6.07, 6.45) is 2.56. The minimum absolute atomic E-state index is 0.128. The van der Waals surface area contributed by atoms with Crippen LogP contribution >= 0.6 is 11.3 Å². The quantitative estimate of drug-likeness (QED) is 0.796. The number of carbonyl (C=O) groups is 1. The number of fused-ring (bicyclic) bond motifs is 1. The molecule has 0 aliphatic carbocycles. The van der Waals surface area contributed by atoms with E-state index in [9.17, 15) is 4.79 Å². The molecule has 1 amide bonds. The maximum Gasteiger partial charge on any atom is 0.251 e. The first-order valence-electron chi connectivity index (χ1n) is 8.31. The molecule has 0 spiro atoms. The van der Waals surface area contributed by atoms with Gasteiger partial charge in [0, 0.05) is 19.6 Å². The summed E-state index contributed by atoms with van der Waals surface area (Å²) in [4.78, 5) is 16.8. The van der Waals surface area contributed by atoms with Crippen molar-refractivity contribution >= 4 is 22.4 Å². The van der Waals surface area contributed by atoms with Crippen LogP contribution in [0.1, 0.15) is 24.3 Å². The van der Waals surface area contributed by atoms with Crippen molar-refractivity contribution < 1.29 is 14.3 Å². The molecule has 0 bridgehead atoms. The molecule has 3 aliphatic heterocycles. The van der Waals surface area contributed by atoms with Crippen molar-refractivity contribution in [1.82, 2.24) is 15.1 Å². The van der Waals surface area contributed by atoms with E-state index < -0.39 is 0 Å². The second-order valence-corrected chi connectivity index (χ2v) is 7.49. The fraction of sp³-hybridized carbons (Fsp3) is 0.800. The van der Waals surface area contributed by atoms with Crippen molar-refractivity contribution in [1.29, 1.82) is 0 Å². The highest BCUT2D eigenvalue weighted by atomic mass is 32.1. The van der Waals surface area contributed by atoms with Gasteiger partial charge in [-0.1, -0.05) is 11.3 Å². The minimum atomic E-state index is -0.287. The molecule has 3 aliphatic rings. The molecular weight excluding hydrogens is 316 g/mol. The molecular formula is C15H22N4O3S. The Hall–Kier alpha value is -1.25. The predicted molar refractivity (Wildman–Crippen MR) is 85.7 cm³/mol. The van der Waals surface area contributed by atoms with E-state index in [0.717, 1.165) is 35.9 Å². The molecule has 126 valence electrons. The number of aryl methyl sites for hydroxylation is 1. The number of ether oxygens (including phenoxy) is 2. The SMILES string of the molecule is Cc1nnc(N2CC[C@H]3O[C@@H](C(=O)N4CCOCC4)CC[C@H]32)s1. The molecule has 0 N–H and O–H groups in total. The topological polar surface area (TPSA) is 67.8 Å². The second-order valence-electron chi connectivity index (χ2n) is 6.33. The van der Waals surface area contributed by atoms with Crippen LogP contribution in [0.5, 0.6) is 0 Å². The van der Waals surface area contributed by atoms with Gasteiger partial charge in [0.15, 0.2) is 0 Å². The summed E-state index contributed by atoms with van der Waals surface area (Å²) in [5, 5.41) is 10.4. The van der Waals surface area contributed by atoms with Crippen molar-refractivity contribution in [3.8, 4) is 0 Å².